The number of H-pyrrole nitrogens is 1. The largest absolute Gasteiger partial charge is 0.494 e. The smallest absolute Gasteiger partial charge is 0.399 e. The Hall–Kier alpha value is -2.89. The first-order chi connectivity index (χ1) is 17.3. The van der Waals surface area contributed by atoms with Crippen LogP contribution in [0.4, 0.5) is 13.2 Å². The second-order valence-corrected chi connectivity index (χ2v) is 10.7. The lowest BCUT2D eigenvalue weighted by Crippen LogP contribution is -2.41. The Morgan fingerprint density at radius 2 is 1.70 bits per heavy atom. The lowest BCUT2D eigenvalue weighted by Gasteiger charge is -2.32. The number of hydrogen-bond acceptors (Lipinski definition) is 4. The molecule has 1 aliphatic heterocycles. The number of pyridine rings is 1. The van der Waals surface area contributed by atoms with Gasteiger partial charge in [-0.2, -0.15) is 18.3 Å². The van der Waals surface area contributed by atoms with Crippen molar-refractivity contribution in [2.45, 2.75) is 51.6 Å². The van der Waals surface area contributed by atoms with Gasteiger partial charge in [0, 0.05) is 22.1 Å². The number of fused-ring (bicyclic) bond motifs is 1. The lowest BCUT2D eigenvalue weighted by molar-refractivity contribution is -0.138. The summed E-state index contributed by atoms with van der Waals surface area (Å²) in [7, 11) is -0.317. The van der Waals surface area contributed by atoms with Gasteiger partial charge in [0.05, 0.1) is 35.0 Å². The van der Waals surface area contributed by atoms with Crippen LogP contribution in [0.2, 0.25) is 0 Å². The molecule has 1 N–H and O–H groups in total. The second-order valence-electron chi connectivity index (χ2n) is 9.77. The van der Waals surface area contributed by atoms with Crippen molar-refractivity contribution in [2.75, 3.05) is 0 Å². The number of aromatic amines is 1. The minimum atomic E-state index is -4.42. The first kappa shape index (κ1) is 27.2. The zero-order valence-corrected chi connectivity index (χ0v) is 22.4. The van der Waals surface area contributed by atoms with E-state index in [1.807, 2.05) is 24.4 Å². The Balaban J connectivity index is 0.000000173. The molecule has 0 unspecified atom stereocenters. The molecule has 0 spiro atoms. The number of halogens is 4. The van der Waals surface area contributed by atoms with Crippen LogP contribution in [0.5, 0.6) is 0 Å². The zero-order valence-electron chi connectivity index (χ0n) is 20.8. The summed E-state index contributed by atoms with van der Waals surface area (Å²) in [6.07, 6.45) is -1.15. The van der Waals surface area contributed by atoms with Crippen molar-refractivity contribution >= 4 is 39.4 Å². The van der Waals surface area contributed by atoms with Crippen molar-refractivity contribution < 1.29 is 22.5 Å². The van der Waals surface area contributed by atoms with E-state index in [1.54, 1.807) is 6.07 Å². The monoisotopic (exact) mass is 575 g/mol. The third kappa shape index (κ3) is 6.00. The van der Waals surface area contributed by atoms with Gasteiger partial charge in [0.15, 0.2) is 0 Å². The summed E-state index contributed by atoms with van der Waals surface area (Å²) in [6.45, 7) is 8.11. The lowest BCUT2D eigenvalue weighted by atomic mass is 9.79. The number of benzene rings is 2. The third-order valence-corrected chi connectivity index (χ3v) is 7.07. The molecular formula is C26H26BBrF3N3O3. The summed E-state index contributed by atoms with van der Waals surface area (Å²) in [5.41, 5.74) is 0.408. The number of hydrogen-bond donors (Lipinski definition) is 1. The van der Waals surface area contributed by atoms with Gasteiger partial charge < -0.3 is 13.9 Å². The normalized spacial score (nSPS) is 16.5. The molecular weight excluding hydrogens is 550 g/mol. The van der Waals surface area contributed by atoms with Gasteiger partial charge in [-0.05, 0) is 72.9 Å². The van der Waals surface area contributed by atoms with Crippen LogP contribution in [0.15, 0.2) is 76.3 Å². The minimum Gasteiger partial charge on any atom is -0.399 e. The second kappa shape index (κ2) is 10.1. The topological polar surface area (TPSA) is 69.1 Å². The molecule has 194 valence electrons. The highest BCUT2D eigenvalue weighted by Crippen LogP contribution is 2.36. The summed E-state index contributed by atoms with van der Waals surface area (Å²) in [4.78, 5) is 11.6. The predicted octanol–water partition coefficient (Wildman–Crippen LogP) is 5.54. The molecule has 2 aromatic carbocycles. The first-order valence-corrected chi connectivity index (χ1v) is 12.4. The molecule has 0 radical (unpaired) electrons. The van der Waals surface area contributed by atoms with Crippen molar-refractivity contribution in [1.82, 2.24) is 14.8 Å². The van der Waals surface area contributed by atoms with E-state index >= 15 is 0 Å². The molecule has 0 amide bonds. The molecule has 1 saturated heterocycles. The predicted molar refractivity (Wildman–Crippen MR) is 141 cm³/mol. The zero-order chi connectivity index (χ0) is 27.0. The molecule has 0 saturated carbocycles. The van der Waals surface area contributed by atoms with Gasteiger partial charge in [-0.25, -0.2) is 0 Å². The molecule has 0 atom stereocenters. The molecule has 6 nitrogen and oxygen atoms in total. The average Bonchev–Trinajstić information content (AvgIpc) is 3.37. The van der Waals surface area contributed by atoms with Crippen LogP contribution < -0.4 is 11.0 Å². The van der Waals surface area contributed by atoms with Crippen LogP contribution in [-0.2, 0) is 22.0 Å². The quantitative estimate of drug-likeness (QED) is 0.326. The maximum Gasteiger partial charge on any atom is 0.494 e. The van der Waals surface area contributed by atoms with Crippen LogP contribution in [0.25, 0.3) is 10.9 Å². The van der Waals surface area contributed by atoms with Gasteiger partial charge in [-0.3, -0.25) is 9.89 Å². The summed E-state index contributed by atoms with van der Waals surface area (Å²) in [5, 5.41) is 8.08. The Morgan fingerprint density at radius 1 is 1.03 bits per heavy atom. The van der Waals surface area contributed by atoms with Gasteiger partial charge in [0.1, 0.15) is 0 Å². The van der Waals surface area contributed by atoms with E-state index < -0.39 is 11.7 Å². The van der Waals surface area contributed by atoms with Crippen LogP contribution >= 0.6 is 15.9 Å². The molecule has 0 aliphatic carbocycles. The summed E-state index contributed by atoms with van der Waals surface area (Å²) in [5.74, 6) is 0. The van der Waals surface area contributed by atoms with E-state index in [0.717, 1.165) is 22.4 Å². The molecule has 37 heavy (non-hydrogen) atoms. The van der Waals surface area contributed by atoms with E-state index in [9.17, 15) is 18.0 Å². The number of alkyl halides is 3. The van der Waals surface area contributed by atoms with Gasteiger partial charge in [-0.1, -0.05) is 30.3 Å². The molecule has 0 bridgehead atoms. The maximum atomic E-state index is 12.8. The summed E-state index contributed by atoms with van der Waals surface area (Å²) >= 11 is 3.19. The molecule has 5 rings (SSSR count). The Bertz CT molecular complexity index is 1450. The maximum absolute atomic E-state index is 12.8. The van der Waals surface area contributed by atoms with Gasteiger partial charge in [0.25, 0.3) is 5.56 Å². The van der Waals surface area contributed by atoms with Crippen molar-refractivity contribution in [3.63, 3.8) is 0 Å². The highest BCUT2D eigenvalue weighted by molar-refractivity contribution is 9.10. The van der Waals surface area contributed by atoms with Gasteiger partial charge in [-0.15, -0.1) is 0 Å². The van der Waals surface area contributed by atoms with Crippen LogP contribution in [0, 0.1) is 0 Å². The average molecular weight is 576 g/mol. The standard InChI is InChI=1S/C13H17BN2O2.C13H9BrF3NO/c1-12(2)13(3,4)18-14(17-12)10-6-5-9-8-15-16-11(9)7-10;14-10-5-6-12(19)18(8-10)7-9-3-1-2-4-11(9)13(15,16)17/h5-8H,1-4H3,(H,15,16);1-6,8H,7H2. The summed E-state index contributed by atoms with van der Waals surface area (Å²) < 4.78 is 52.4. The van der Waals surface area contributed by atoms with Gasteiger partial charge in [0.2, 0.25) is 0 Å². The van der Waals surface area contributed by atoms with Crippen LogP contribution in [-0.4, -0.2) is 33.1 Å². The molecule has 1 fully saturated rings. The fourth-order valence-corrected chi connectivity index (χ4v) is 4.20. The fraction of sp³-hybridized carbons (Fsp3) is 0.308. The molecule has 11 heteroatoms. The third-order valence-electron chi connectivity index (χ3n) is 6.60. The minimum absolute atomic E-state index is 0.0650. The van der Waals surface area contributed by atoms with Crippen molar-refractivity contribution in [3.05, 3.63) is 92.9 Å². The van der Waals surface area contributed by atoms with E-state index in [4.69, 9.17) is 9.31 Å². The van der Waals surface area contributed by atoms with Crippen LogP contribution in [0.1, 0.15) is 38.8 Å². The molecule has 2 aromatic heterocycles. The number of nitrogens with zero attached hydrogens (tertiary/aromatic N) is 2. The van der Waals surface area contributed by atoms with E-state index in [2.05, 4.69) is 53.8 Å². The summed E-state index contributed by atoms with van der Waals surface area (Å²) in [6, 6.07) is 14.2. The molecule has 4 aromatic rings. The van der Waals surface area contributed by atoms with Crippen molar-refractivity contribution in [3.8, 4) is 0 Å². The van der Waals surface area contributed by atoms with E-state index in [1.165, 1.54) is 35.0 Å². The van der Waals surface area contributed by atoms with E-state index in [-0.39, 0.29) is 36.0 Å². The van der Waals surface area contributed by atoms with Crippen LogP contribution in [0.3, 0.4) is 0 Å². The highest BCUT2D eigenvalue weighted by Gasteiger charge is 2.51. The molecule has 1 aliphatic rings. The van der Waals surface area contributed by atoms with Crippen molar-refractivity contribution in [1.29, 1.82) is 0 Å². The number of rotatable bonds is 3. The Morgan fingerprint density at radius 3 is 2.38 bits per heavy atom. The molecule has 3 heterocycles. The van der Waals surface area contributed by atoms with Gasteiger partial charge >= 0.3 is 13.3 Å². The Labute approximate surface area is 221 Å². The first-order valence-electron chi connectivity index (χ1n) is 11.6. The number of nitrogens with one attached hydrogen (secondary N) is 1. The van der Waals surface area contributed by atoms with E-state index in [0.29, 0.717) is 4.47 Å². The number of aromatic nitrogens is 3. The SMILES string of the molecule is CC1(C)OB(c2ccc3cn[nH]c3c2)OC1(C)C.O=c1ccc(Br)cn1Cc1ccccc1C(F)(F)F. The van der Waals surface area contributed by atoms with Crippen molar-refractivity contribution in [2.24, 2.45) is 0 Å². The fourth-order valence-electron chi connectivity index (χ4n) is 3.82. The highest BCUT2D eigenvalue weighted by atomic mass is 79.9. The Kier molecular flexibility index (Phi) is 7.42.